The number of aryl methyl sites for hydroxylation is 2. The summed E-state index contributed by atoms with van der Waals surface area (Å²) in [7, 11) is 4.22. The molecule has 2 rings (SSSR count). The van der Waals surface area contributed by atoms with Crippen LogP contribution in [0.25, 0.3) is 0 Å². The summed E-state index contributed by atoms with van der Waals surface area (Å²) < 4.78 is 6.36. The molecule has 1 aromatic carbocycles. The van der Waals surface area contributed by atoms with Gasteiger partial charge in [-0.05, 0) is 57.6 Å². The minimum atomic E-state index is 0.118. The zero-order valence-corrected chi connectivity index (χ0v) is 16.0. The largest absolute Gasteiger partial charge is 0.486 e. The van der Waals surface area contributed by atoms with Gasteiger partial charge in [-0.2, -0.15) is 0 Å². The Bertz CT molecular complexity index is 613. The van der Waals surface area contributed by atoms with Crippen molar-refractivity contribution in [1.82, 2.24) is 4.90 Å². The van der Waals surface area contributed by atoms with Crippen LogP contribution in [0.4, 0.5) is 0 Å². The average Bonchev–Trinajstić information content (AvgIpc) is 2.82. The molecule has 0 aliphatic rings. The first-order valence-electron chi connectivity index (χ1n) is 8.35. The van der Waals surface area contributed by atoms with Gasteiger partial charge in [0.1, 0.15) is 11.9 Å². The summed E-state index contributed by atoms with van der Waals surface area (Å²) in [6.07, 6.45) is 1.11. The van der Waals surface area contributed by atoms with Crippen LogP contribution in [0.5, 0.6) is 5.75 Å². The molecule has 2 aromatic rings. The second-order valence-corrected chi connectivity index (χ2v) is 8.25. The quantitative estimate of drug-likeness (QED) is 0.658. The maximum absolute atomic E-state index is 6.36. The first-order chi connectivity index (χ1) is 10.9. The van der Waals surface area contributed by atoms with E-state index in [9.17, 15) is 0 Å². The average molecular weight is 332 g/mol. The van der Waals surface area contributed by atoms with E-state index in [-0.39, 0.29) is 6.10 Å². The Morgan fingerprint density at radius 3 is 2.22 bits per heavy atom. The van der Waals surface area contributed by atoms with E-state index in [1.54, 1.807) is 0 Å². The summed E-state index contributed by atoms with van der Waals surface area (Å²) in [5.41, 5.74) is 2.69. The lowest BCUT2D eigenvalue weighted by Gasteiger charge is -2.21. The Balaban J connectivity index is 2.18. The first kappa shape index (κ1) is 18.0. The third-order valence-electron chi connectivity index (χ3n) is 4.09. The molecule has 0 aliphatic heterocycles. The van der Waals surface area contributed by atoms with Gasteiger partial charge >= 0.3 is 0 Å². The van der Waals surface area contributed by atoms with Gasteiger partial charge in [0.25, 0.3) is 0 Å². The molecule has 3 heteroatoms. The maximum Gasteiger partial charge on any atom is 0.126 e. The summed E-state index contributed by atoms with van der Waals surface area (Å²) in [5, 5.41) is 0. The first-order valence-corrected chi connectivity index (χ1v) is 9.16. The fraction of sp³-hybridized carbons (Fsp3) is 0.500. The van der Waals surface area contributed by atoms with Crippen molar-refractivity contribution in [3.63, 3.8) is 0 Å². The zero-order chi connectivity index (χ0) is 17.0. The highest BCUT2D eigenvalue weighted by Crippen LogP contribution is 2.32. The summed E-state index contributed by atoms with van der Waals surface area (Å²) in [6, 6.07) is 10.8. The fourth-order valence-corrected chi connectivity index (χ4v) is 3.70. The Hall–Kier alpha value is -1.32. The van der Waals surface area contributed by atoms with Gasteiger partial charge < -0.3 is 9.64 Å². The van der Waals surface area contributed by atoms with E-state index in [0.717, 1.165) is 18.7 Å². The molecule has 0 N–H and O–H groups in total. The van der Waals surface area contributed by atoms with Gasteiger partial charge in [0, 0.05) is 28.3 Å². The summed E-state index contributed by atoms with van der Waals surface area (Å²) in [5.74, 6) is 1.51. The lowest BCUT2D eigenvalue weighted by Crippen LogP contribution is -2.19. The van der Waals surface area contributed by atoms with E-state index in [4.69, 9.17) is 4.74 Å². The standard InChI is InChI=1S/C20H29NOS/c1-14(2)17-7-9-18(10-8-17)22-20(11-12-21(5)6)19-13-15(3)23-16(19)4/h7-10,13-14,20H,11-12H2,1-6H3. The van der Waals surface area contributed by atoms with Crippen molar-refractivity contribution in [3.8, 4) is 5.75 Å². The van der Waals surface area contributed by atoms with E-state index in [1.165, 1.54) is 20.9 Å². The van der Waals surface area contributed by atoms with Crippen molar-refractivity contribution in [3.05, 3.63) is 51.2 Å². The van der Waals surface area contributed by atoms with Crippen molar-refractivity contribution >= 4 is 11.3 Å². The Morgan fingerprint density at radius 2 is 1.74 bits per heavy atom. The molecule has 126 valence electrons. The fourth-order valence-electron chi connectivity index (χ4n) is 2.72. The number of benzene rings is 1. The summed E-state index contributed by atoms with van der Waals surface area (Å²) >= 11 is 1.86. The Labute approximate surface area is 145 Å². The van der Waals surface area contributed by atoms with E-state index in [0.29, 0.717) is 5.92 Å². The number of hydrogen-bond donors (Lipinski definition) is 0. The summed E-state index contributed by atoms with van der Waals surface area (Å²) in [6.45, 7) is 9.81. The third kappa shape index (κ3) is 5.08. The molecule has 1 atom stereocenters. The zero-order valence-electron chi connectivity index (χ0n) is 15.2. The second kappa shape index (κ2) is 7.98. The molecule has 23 heavy (non-hydrogen) atoms. The maximum atomic E-state index is 6.36. The van der Waals surface area contributed by atoms with E-state index in [1.807, 2.05) is 11.3 Å². The number of nitrogens with zero attached hydrogens (tertiary/aromatic N) is 1. The molecule has 0 amide bonds. The molecule has 0 aliphatic carbocycles. The van der Waals surface area contributed by atoms with Gasteiger partial charge in [-0.3, -0.25) is 0 Å². The molecule has 0 saturated heterocycles. The highest BCUT2D eigenvalue weighted by Gasteiger charge is 2.18. The number of ether oxygens (including phenoxy) is 1. The smallest absolute Gasteiger partial charge is 0.126 e. The molecule has 0 spiro atoms. The molecule has 0 fully saturated rings. The van der Waals surface area contributed by atoms with E-state index < -0.39 is 0 Å². The highest BCUT2D eigenvalue weighted by atomic mass is 32.1. The van der Waals surface area contributed by atoms with Gasteiger partial charge in [-0.1, -0.05) is 26.0 Å². The monoisotopic (exact) mass is 331 g/mol. The van der Waals surface area contributed by atoms with Crippen LogP contribution in [0.3, 0.4) is 0 Å². The predicted octanol–water partition coefficient (Wildman–Crippen LogP) is 5.56. The lowest BCUT2D eigenvalue weighted by molar-refractivity contribution is 0.179. The number of thiophene rings is 1. The van der Waals surface area contributed by atoms with Crippen molar-refractivity contribution in [1.29, 1.82) is 0 Å². The van der Waals surface area contributed by atoms with Crippen molar-refractivity contribution in [2.45, 2.75) is 46.1 Å². The van der Waals surface area contributed by atoms with Crippen molar-refractivity contribution in [2.75, 3.05) is 20.6 Å². The van der Waals surface area contributed by atoms with Gasteiger partial charge in [0.05, 0.1) is 0 Å². The minimum Gasteiger partial charge on any atom is -0.486 e. The Morgan fingerprint density at radius 1 is 1.09 bits per heavy atom. The predicted molar refractivity (Wildman–Crippen MR) is 101 cm³/mol. The van der Waals surface area contributed by atoms with Crippen LogP contribution in [0.2, 0.25) is 0 Å². The molecule has 2 nitrogen and oxygen atoms in total. The normalized spacial score (nSPS) is 12.9. The third-order valence-corrected chi connectivity index (χ3v) is 5.07. The lowest BCUT2D eigenvalue weighted by atomic mass is 10.0. The van der Waals surface area contributed by atoms with E-state index >= 15 is 0 Å². The Kier molecular flexibility index (Phi) is 6.25. The van der Waals surface area contributed by atoms with Crippen LogP contribution in [0.1, 0.15) is 53.2 Å². The van der Waals surface area contributed by atoms with Crippen LogP contribution in [0.15, 0.2) is 30.3 Å². The van der Waals surface area contributed by atoms with Gasteiger partial charge in [0.2, 0.25) is 0 Å². The van der Waals surface area contributed by atoms with Gasteiger partial charge in [-0.25, -0.2) is 0 Å². The summed E-state index contributed by atoms with van der Waals surface area (Å²) in [4.78, 5) is 4.93. The molecular weight excluding hydrogens is 302 g/mol. The SMILES string of the molecule is Cc1cc(C(CCN(C)C)Oc2ccc(C(C)C)cc2)c(C)s1. The van der Waals surface area contributed by atoms with Crippen LogP contribution >= 0.6 is 11.3 Å². The van der Waals surface area contributed by atoms with Crippen molar-refractivity contribution in [2.24, 2.45) is 0 Å². The van der Waals surface area contributed by atoms with E-state index in [2.05, 4.69) is 77.0 Å². The molecule has 0 bridgehead atoms. The molecule has 0 radical (unpaired) electrons. The van der Waals surface area contributed by atoms with Crippen LogP contribution in [0, 0.1) is 13.8 Å². The van der Waals surface area contributed by atoms with Crippen LogP contribution in [-0.4, -0.2) is 25.5 Å². The van der Waals surface area contributed by atoms with Crippen LogP contribution < -0.4 is 4.74 Å². The topological polar surface area (TPSA) is 12.5 Å². The number of hydrogen-bond acceptors (Lipinski definition) is 3. The van der Waals surface area contributed by atoms with Gasteiger partial charge in [0.15, 0.2) is 0 Å². The molecule has 1 heterocycles. The van der Waals surface area contributed by atoms with Gasteiger partial charge in [-0.15, -0.1) is 11.3 Å². The highest BCUT2D eigenvalue weighted by molar-refractivity contribution is 7.12. The van der Waals surface area contributed by atoms with Crippen molar-refractivity contribution < 1.29 is 4.74 Å². The molecule has 1 unspecified atom stereocenters. The second-order valence-electron chi connectivity index (χ2n) is 6.79. The minimum absolute atomic E-state index is 0.118. The molecular formula is C20H29NOS. The molecule has 1 aromatic heterocycles. The van der Waals surface area contributed by atoms with Crippen LogP contribution in [-0.2, 0) is 0 Å². The molecule has 0 saturated carbocycles. The number of rotatable bonds is 7.